The number of rotatable bonds is 5. The molecule has 14 heavy (non-hydrogen) atoms. The van der Waals surface area contributed by atoms with Crippen LogP contribution in [0.5, 0.6) is 0 Å². The predicted molar refractivity (Wildman–Crippen MR) is 60.4 cm³/mol. The van der Waals surface area contributed by atoms with Crippen molar-refractivity contribution in [3.63, 3.8) is 0 Å². The third-order valence-corrected chi connectivity index (χ3v) is 1.88. The summed E-state index contributed by atoms with van der Waals surface area (Å²) in [5.41, 5.74) is 0.909. The minimum atomic E-state index is 0.837. The monoisotopic (exact) mass is 188 g/mol. The van der Waals surface area contributed by atoms with E-state index in [1.807, 2.05) is 30.3 Å². The Morgan fingerprint density at radius 2 is 1.93 bits per heavy atom. The van der Waals surface area contributed by atoms with E-state index in [0.29, 0.717) is 0 Å². The molecule has 0 aliphatic rings. The molecule has 0 aliphatic heterocycles. The van der Waals surface area contributed by atoms with E-state index in [4.69, 9.17) is 0 Å². The minimum absolute atomic E-state index is 0.837. The van der Waals surface area contributed by atoms with Gasteiger partial charge >= 0.3 is 0 Å². The van der Waals surface area contributed by atoms with Gasteiger partial charge in [0.2, 0.25) is 0 Å². The molecule has 1 aromatic carbocycles. The summed E-state index contributed by atoms with van der Waals surface area (Å²) >= 11 is 0. The minimum Gasteiger partial charge on any atom is -0.225 e. The van der Waals surface area contributed by atoms with Gasteiger partial charge in [-0.05, 0) is 18.6 Å². The fourth-order valence-electron chi connectivity index (χ4n) is 1.09. The third kappa shape index (κ3) is 4.58. The molecule has 0 saturated carbocycles. The largest absolute Gasteiger partial charge is 0.225 e. The Morgan fingerprint density at radius 3 is 2.64 bits per heavy atom. The van der Waals surface area contributed by atoms with Crippen LogP contribution in [0.2, 0.25) is 0 Å². The zero-order valence-corrected chi connectivity index (χ0v) is 8.61. The zero-order chi connectivity index (χ0) is 10.1. The van der Waals surface area contributed by atoms with E-state index in [9.17, 15) is 0 Å². The number of nitrogens with zero attached hydrogens (tertiary/aromatic N) is 2. The van der Waals surface area contributed by atoms with E-state index in [-0.39, 0.29) is 0 Å². The Labute approximate surface area is 85.4 Å². The molecular weight excluding hydrogens is 172 g/mol. The molecule has 1 aromatic rings. The zero-order valence-electron chi connectivity index (χ0n) is 8.61. The van der Waals surface area contributed by atoms with Crippen LogP contribution in [-0.2, 0) is 0 Å². The summed E-state index contributed by atoms with van der Waals surface area (Å²) in [5.74, 6) is 0. The first-order valence-corrected chi connectivity index (χ1v) is 5.10. The van der Waals surface area contributed by atoms with Gasteiger partial charge in [0.1, 0.15) is 0 Å². The van der Waals surface area contributed by atoms with Crippen LogP contribution in [0.1, 0.15) is 26.2 Å². The van der Waals surface area contributed by atoms with Gasteiger partial charge in [0.25, 0.3) is 0 Å². The van der Waals surface area contributed by atoms with Crippen LogP contribution in [0.4, 0.5) is 5.69 Å². The Kier molecular flexibility index (Phi) is 5.38. The molecule has 74 valence electrons. The lowest BCUT2D eigenvalue weighted by Gasteiger charge is -1.88. The molecule has 0 radical (unpaired) electrons. The van der Waals surface area contributed by atoms with Crippen molar-refractivity contribution in [3.8, 4) is 0 Å². The van der Waals surface area contributed by atoms with Crippen LogP contribution in [0.25, 0.3) is 0 Å². The lowest BCUT2D eigenvalue weighted by Crippen LogP contribution is -1.78. The molecule has 2 heteroatoms. The van der Waals surface area contributed by atoms with Gasteiger partial charge in [0.05, 0.1) is 11.7 Å². The molecule has 0 aromatic heterocycles. The van der Waals surface area contributed by atoms with E-state index >= 15 is 0 Å². The Morgan fingerprint density at radius 1 is 1.14 bits per heavy atom. The van der Waals surface area contributed by atoms with Crippen molar-refractivity contribution in [2.24, 2.45) is 9.98 Å². The van der Waals surface area contributed by atoms with Gasteiger partial charge < -0.3 is 0 Å². The second-order valence-electron chi connectivity index (χ2n) is 3.14. The smallest absolute Gasteiger partial charge is 0.0948 e. The van der Waals surface area contributed by atoms with Gasteiger partial charge in [-0.15, -0.1) is 0 Å². The second-order valence-corrected chi connectivity index (χ2v) is 3.14. The van der Waals surface area contributed by atoms with Gasteiger partial charge in [-0.3, -0.25) is 0 Å². The van der Waals surface area contributed by atoms with Crippen molar-refractivity contribution < 1.29 is 0 Å². The summed E-state index contributed by atoms with van der Waals surface area (Å²) < 4.78 is 0. The topological polar surface area (TPSA) is 24.7 Å². The molecule has 0 bridgehead atoms. The van der Waals surface area contributed by atoms with Crippen LogP contribution in [0.15, 0.2) is 40.3 Å². The molecule has 0 unspecified atom stereocenters. The maximum absolute atomic E-state index is 4.09. The first kappa shape index (κ1) is 10.7. The van der Waals surface area contributed by atoms with E-state index in [1.54, 1.807) is 0 Å². The van der Waals surface area contributed by atoms with E-state index in [0.717, 1.165) is 18.7 Å². The van der Waals surface area contributed by atoms with Gasteiger partial charge in [0, 0.05) is 6.54 Å². The van der Waals surface area contributed by atoms with Gasteiger partial charge in [-0.25, -0.2) is 4.99 Å². The second kappa shape index (κ2) is 7.05. The van der Waals surface area contributed by atoms with E-state index in [2.05, 4.69) is 22.9 Å². The quantitative estimate of drug-likeness (QED) is 0.497. The van der Waals surface area contributed by atoms with Crippen molar-refractivity contribution >= 4 is 11.7 Å². The highest BCUT2D eigenvalue weighted by Gasteiger charge is 1.82. The molecule has 0 amide bonds. The molecule has 1 rings (SSSR count). The molecule has 0 N–H and O–H groups in total. The summed E-state index contributed by atoms with van der Waals surface area (Å²) in [6.45, 7) is 3.02. The normalized spacial score (nSPS) is 9.21. The highest BCUT2D eigenvalue weighted by molar-refractivity contribution is 5.51. The first-order chi connectivity index (χ1) is 6.93. The first-order valence-electron chi connectivity index (χ1n) is 5.10. The fraction of sp³-hybridized carbons (Fsp3) is 0.417. The summed E-state index contributed by atoms with van der Waals surface area (Å²) in [4.78, 5) is 8.17. The Hall–Kier alpha value is -1.40. The maximum atomic E-state index is 4.09. The number of para-hydroxylation sites is 1. The average Bonchev–Trinajstić information content (AvgIpc) is 2.25. The molecule has 0 fully saturated rings. The predicted octanol–water partition coefficient (Wildman–Crippen LogP) is 3.68. The SMILES string of the molecule is CCCCCN=C=Nc1ccccc1. The van der Waals surface area contributed by atoms with Crippen LogP contribution in [-0.4, -0.2) is 12.6 Å². The highest BCUT2D eigenvalue weighted by atomic mass is 14.8. The fourth-order valence-corrected chi connectivity index (χ4v) is 1.09. The summed E-state index contributed by atoms with van der Waals surface area (Å²) in [6.07, 6.45) is 3.59. The van der Waals surface area contributed by atoms with Crippen LogP contribution < -0.4 is 0 Å². The summed E-state index contributed by atoms with van der Waals surface area (Å²) in [6, 6.07) is 12.5. The standard InChI is InChI=1S/C12H16N2/c1-2-3-7-10-13-11-14-12-8-5-4-6-9-12/h4-6,8-9H,2-3,7,10H2,1H3. The molecule has 0 atom stereocenters. The van der Waals surface area contributed by atoms with Gasteiger partial charge in [0.15, 0.2) is 0 Å². The van der Waals surface area contributed by atoms with E-state index in [1.165, 1.54) is 12.8 Å². The number of benzene rings is 1. The van der Waals surface area contributed by atoms with Crippen molar-refractivity contribution in [3.05, 3.63) is 30.3 Å². The lowest BCUT2D eigenvalue weighted by molar-refractivity contribution is 0.729. The lowest BCUT2D eigenvalue weighted by atomic mass is 10.2. The molecule has 0 heterocycles. The van der Waals surface area contributed by atoms with E-state index < -0.39 is 0 Å². The van der Waals surface area contributed by atoms with Crippen molar-refractivity contribution in [1.82, 2.24) is 0 Å². The van der Waals surface area contributed by atoms with Gasteiger partial charge in [-0.1, -0.05) is 38.0 Å². The summed E-state index contributed by atoms with van der Waals surface area (Å²) in [5, 5.41) is 0. The molecule has 0 spiro atoms. The number of hydrogen-bond acceptors (Lipinski definition) is 2. The van der Waals surface area contributed by atoms with Crippen molar-refractivity contribution in [1.29, 1.82) is 0 Å². The Balaban J connectivity index is 2.33. The number of hydrogen-bond donors (Lipinski definition) is 0. The van der Waals surface area contributed by atoms with Crippen LogP contribution >= 0.6 is 0 Å². The highest BCUT2D eigenvalue weighted by Crippen LogP contribution is 2.07. The number of aliphatic imine (C=N–C) groups is 2. The van der Waals surface area contributed by atoms with Crippen molar-refractivity contribution in [2.75, 3.05) is 6.54 Å². The van der Waals surface area contributed by atoms with Gasteiger partial charge in [-0.2, -0.15) is 4.99 Å². The van der Waals surface area contributed by atoms with Crippen LogP contribution in [0.3, 0.4) is 0 Å². The molecule has 0 saturated heterocycles. The maximum Gasteiger partial charge on any atom is 0.0948 e. The number of unbranched alkanes of at least 4 members (excludes halogenated alkanes) is 2. The Bertz CT molecular complexity index is 297. The average molecular weight is 188 g/mol. The molecule has 0 aliphatic carbocycles. The molecule has 2 nitrogen and oxygen atoms in total. The summed E-state index contributed by atoms with van der Waals surface area (Å²) in [7, 11) is 0. The third-order valence-electron chi connectivity index (χ3n) is 1.88. The molecular formula is C12H16N2. The van der Waals surface area contributed by atoms with Crippen LogP contribution in [0, 0.1) is 0 Å². The van der Waals surface area contributed by atoms with Crippen molar-refractivity contribution in [2.45, 2.75) is 26.2 Å².